The number of aliphatic hydroxyl groups is 1. The van der Waals surface area contributed by atoms with Crippen molar-refractivity contribution in [2.24, 2.45) is 5.92 Å². The van der Waals surface area contributed by atoms with E-state index in [1.165, 1.54) is 35.5 Å². The van der Waals surface area contributed by atoms with Crippen LogP contribution in [0.1, 0.15) is 35.7 Å². The van der Waals surface area contributed by atoms with Gasteiger partial charge in [0.05, 0.1) is 4.90 Å². The number of sulfonamides is 1. The number of rotatable bonds is 9. The average molecular weight is 475 g/mol. The third kappa shape index (κ3) is 6.63. The van der Waals surface area contributed by atoms with Crippen LogP contribution in [0.15, 0.2) is 53.4 Å². The minimum absolute atomic E-state index is 0.0584. The van der Waals surface area contributed by atoms with Crippen molar-refractivity contribution in [1.29, 1.82) is 0 Å². The third-order valence-corrected chi connectivity index (χ3v) is 7.58. The fourth-order valence-electron chi connectivity index (χ4n) is 3.69. The Labute approximate surface area is 194 Å². The maximum atomic E-state index is 12.9. The van der Waals surface area contributed by atoms with Gasteiger partial charge in [0, 0.05) is 31.1 Å². The molecular weight excluding hydrogens is 444 g/mol. The van der Waals surface area contributed by atoms with E-state index in [1.54, 1.807) is 6.07 Å². The van der Waals surface area contributed by atoms with Crippen LogP contribution in [0.4, 0.5) is 0 Å². The lowest BCUT2D eigenvalue weighted by Gasteiger charge is -2.30. The summed E-state index contributed by atoms with van der Waals surface area (Å²) in [4.78, 5) is 24.0. The van der Waals surface area contributed by atoms with Gasteiger partial charge in [0.15, 0.2) is 5.78 Å². The summed E-state index contributed by atoms with van der Waals surface area (Å²) in [6.45, 7) is 3.95. The lowest BCUT2D eigenvalue weighted by atomic mass is 9.97. The number of ketones is 1. The minimum atomic E-state index is -3.68. The molecule has 8 nitrogen and oxygen atoms in total. The predicted molar refractivity (Wildman–Crippen MR) is 124 cm³/mol. The number of carbonyl (C=O) groups excluding carboxylic acids is 2. The molecule has 1 amide bonds. The zero-order valence-corrected chi connectivity index (χ0v) is 19.7. The molecule has 1 saturated heterocycles. The molecule has 0 aromatic heterocycles. The monoisotopic (exact) mass is 474 g/mol. The van der Waals surface area contributed by atoms with Crippen LogP contribution in [0.25, 0.3) is 0 Å². The summed E-state index contributed by atoms with van der Waals surface area (Å²) >= 11 is 0. The molecule has 2 aromatic carbocycles. The van der Waals surface area contributed by atoms with Crippen LogP contribution in [0.2, 0.25) is 0 Å². The van der Waals surface area contributed by atoms with Crippen molar-refractivity contribution in [1.82, 2.24) is 9.62 Å². The van der Waals surface area contributed by atoms with E-state index < -0.39 is 16.1 Å². The summed E-state index contributed by atoms with van der Waals surface area (Å²) in [5.41, 5.74) is 1.51. The lowest BCUT2D eigenvalue weighted by Crippen LogP contribution is -2.44. The second kappa shape index (κ2) is 10.9. The van der Waals surface area contributed by atoms with Gasteiger partial charge in [-0.3, -0.25) is 9.59 Å². The molecule has 1 aliphatic heterocycles. The average Bonchev–Trinajstić information content (AvgIpc) is 2.81. The van der Waals surface area contributed by atoms with Crippen molar-refractivity contribution < 1.29 is 27.9 Å². The molecule has 9 heteroatoms. The van der Waals surface area contributed by atoms with E-state index in [0.29, 0.717) is 24.2 Å². The van der Waals surface area contributed by atoms with Crippen LogP contribution in [0.5, 0.6) is 5.75 Å². The van der Waals surface area contributed by atoms with Gasteiger partial charge in [-0.25, -0.2) is 8.42 Å². The number of ether oxygens (including phenoxy) is 1. The van der Waals surface area contributed by atoms with Crippen molar-refractivity contribution in [3.8, 4) is 5.75 Å². The van der Waals surface area contributed by atoms with Crippen LogP contribution >= 0.6 is 0 Å². The van der Waals surface area contributed by atoms with E-state index in [9.17, 15) is 23.1 Å². The number of nitrogens with zero attached hydrogens (tertiary/aromatic N) is 1. The highest BCUT2D eigenvalue weighted by atomic mass is 32.2. The molecule has 1 heterocycles. The minimum Gasteiger partial charge on any atom is -0.491 e. The van der Waals surface area contributed by atoms with Gasteiger partial charge in [-0.15, -0.1) is 0 Å². The van der Waals surface area contributed by atoms with Crippen LogP contribution in [-0.4, -0.2) is 61.9 Å². The molecule has 0 radical (unpaired) electrons. The van der Waals surface area contributed by atoms with Gasteiger partial charge in [0.1, 0.15) is 18.5 Å². The van der Waals surface area contributed by atoms with Gasteiger partial charge >= 0.3 is 0 Å². The Bertz CT molecular complexity index is 1080. The highest BCUT2D eigenvalue weighted by molar-refractivity contribution is 7.89. The highest BCUT2D eigenvalue weighted by Crippen LogP contribution is 2.24. The number of aliphatic hydroxyl groups excluding tert-OH is 1. The molecule has 0 bridgehead atoms. The zero-order chi connectivity index (χ0) is 24.0. The van der Waals surface area contributed by atoms with E-state index in [2.05, 4.69) is 5.32 Å². The summed E-state index contributed by atoms with van der Waals surface area (Å²) in [5, 5.41) is 12.8. The Kier molecular flexibility index (Phi) is 8.23. The van der Waals surface area contributed by atoms with Gasteiger partial charge < -0.3 is 15.2 Å². The first-order valence-corrected chi connectivity index (χ1v) is 12.4. The van der Waals surface area contributed by atoms with E-state index in [0.717, 1.165) is 5.56 Å². The topological polar surface area (TPSA) is 113 Å². The van der Waals surface area contributed by atoms with Crippen molar-refractivity contribution in [3.63, 3.8) is 0 Å². The summed E-state index contributed by atoms with van der Waals surface area (Å²) in [6, 6.07) is 13.4. The highest BCUT2D eigenvalue weighted by Gasteiger charge is 2.32. The maximum Gasteiger partial charge on any atom is 0.243 e. The molecule has 0 saturated carbocycles. The van der Waals surface area contributed by atoms with Crippen molar-refractivity contribution >= 4 is 21.7 Å². The maximum absolute atomic E-state index is 12.9. The Balaban J connectivity index is 1.44. The van der Waals surface area contributed by atoms with Gasteiger partial charge in [0.2, 0.25) is 15.9 Å². The number of piperidine rings is 1. The Morgan fingerprint density at radius 2 is 1.82 bits per heavy atom. The fourth-order valence-corrected chi connectivity index (χ4v) is 5.16. The van der Waals surface area contributed by atoms with Gasteiger partial charge in [-0.1, -0.05) is 24.3 Å². The molecule has 33 heavy (non-hydrogen) atoms. The first-order chi connectivity index (χ1) is 15.7. The second-order valence-corrected chi connectivity index (χ2v) is 10.2. The Hall–Kier alpha value is -2.75. The summed E-state index contributed by atoms with van der Waals surface area (Å²) in [7, 11) is -3.68. The van der Waals surface area contributed by atoms with Gasteiger partial charge in [0.25, 0.3) is 0 Å². The first-order valence-electron chi connectivity index (χ1n) is 10.9. The predicted octanol–water partition coefficient (Wildman–Crippen LogP) is 2.15. The van der Waals surface area contributed by atoms with Crippen LogP contribution in [-0.2, 0) is 14.8 Å². The molecule has 1 unspecified atom stereocenters. The number of hydrogen-bond donors (Lipinski definition) is 2. The van der Waals surface area contributed by atoms with E-state index in [4.69, 9.17) is 4.74 Å². The Morgan fingerprint density at radius 1 is 1.15 bits per heavy atom. The summed E-state index contributed by atoms with van der Waals surface area (Å²) < 4.78 is 32.6. The van der Waals surface area contributed by atoms with Crippen molar-refractivity contribution in [3.05, 3.63) is 59.7 Å². The van der Waals surface area contributed by atoms with E-state index in [1.807, 2.05) is 25.1 Å². The molecule has 178 valence electrons. The first kappa shape index (κ1) is 24.9. The summed E-state index contributed by atoms with van der Waals surface area (Å²) in [5.74, 6) is 0.0106. The second-order valence-electron chi connectivity index (χ2n) is 8.29. The number of benzene rings is 2. The quantitative estimate of drug-likeness (QED) is 0.539. The molecule has 2 aromatic rings. The number of aryl methyl sites for hydroxylation is 1. The van der Waals surface area contributed by atoms with Crippen LogP contribution < -0.4 is 10.1 Å². The normalized spacial score (nSPS) is 16.2. The third-order valence-electron chi connectivity index (χ3n) is 5.67. The van der Waals surface area contributed by atoms with Gasteiger partial charge in [-0.2, -0.15) is 4.31 Å². The number of carbonyl (C=O) groups is 2. The smallest absolute Gasteiger partial charge is 0.243 e. The van der Waals surface area contributed by atoms with Crippen LogP contribution in [0, 0.1) is 12.8 Å². The Morgan fingerprint density at radius 3 is 2.42 bits per heavy atom. The number of Topliss-reactive ketones (excluding diaryl/α,β-unsaturated/α-hetero) is 1. The molecule has 0 aliphatic carbocycles. The SMILES string of the molecule is CC(=O)c1ccc(S(=O)(=O)N2CCC(C(=O)NCC(O)COc3cccc(C)c3)CC2)cc1. The van der Waals surface area contributed by atoms with Crippen molar-refractivity contribution in [2.75, 3.05) is 26.2 Å². The molecule has 2 N–H and O–H groups in total. The number of hydrogen-bond acceptors (Lipinski definition) is 6. The molecule has 1 aliphatic rings. The van der Waals surface area contributed by atoms with E-state index >= 15 is 0 Å². The van der Waals surface area contributed by atoms with Crippen LogP contribution in [0.3, 0.4) is 0 Å². The largest absolute Gasteiger partial charge is 0.491 e. The number of nitrogens with one attached hydrogen (secondary N) is 1. The lowest BCUT2D eigenvalue weighted by molar-refractivity contribution is -0.126. The molecule has 3 rings (SSSR count). The standard InChI is InChI=1S/C24H30N2O6S/c1-17-4-3-5-22(14-17)32-16-21(28)15-25-24(29)20-10-12-26(13-11-20)33(30,31)23-8-6-19(7-9-23)18(2)27/h3-9,14,20-21,28H,10-13,15-16H2,1-2H3,(H,25,29). The molecule has 1 fully saturated rings. The van der Waals surface area contributed by atoms with Crippen molar-refractivity contribution in [2.45, 2.75) is 37.7 Å². The number of amides is 1. The fraction of sp³-hybridized carbons (Fsp3) is 0.417. The summed E-state index contributed by atoms with van der Waals surface area (Å²) in [6.07, 6.45) is -0.0632. The molecule has 1 atom stereocenters. The van der Waals surface area contributed by atoms with E-state index in [-0.39, 0.29) is 48.7 Å². The molecular formula is C24H30N2O6S. The van der Waals surface area contributed by atoms with Gasteiger partial charge in [-0.05, 0) is 56.5 Å². The zero-order valence-electron chi connectivity index (χ0n) is 18.9. The molecule has 0 spiro atoms.